The fraction of sp³-hybridized carbons (Fsp3) is 0.529. The van der Waals surface area contributed by atoms with Crippen molar-refractivity contribution in [3.63, 3.8) is 0 Å². The van der Waals surface area contributed by atoms with E-state index in [2.05, 4.69) is 0 Å². The fourth-order valence-electron chi connectivity index (χ4n) is 3.21. The summed E-state index contributed by atoms with van der Waals surface area (Å²) in [5.74, 6) is -0.805. The predicted molar refractivity (Wildman–Crippen MR) is 82.6 cm³/mol. The molecule has 5 heteroatoms. The highest BCUT2D eigenvalue weighted by molar-refractivity contribution is 5.85. The van der Waals surface area contributed by atoms with E-state index < -0.39 is 6.04 Å². The minimum Gasteiger partial charge on any atom is -0.343 e. The Kier molecular flexibility index (Phi) is 5.16. The molecular formula is C17H23FN2O2. The first kappa shape index (κ1) is 16.5. The van der Waals surface area contributed by atoms with Gasteiger partial charge >= 0.3 is 0 Å². The van der Waals surface area contributed by atoms with E-state index in [1.165, 1.54) is 11.0 Å². The van der Waals surface area contributed by atoms with E-state index in [0.717, 1.165) is 0 Å². The van der Waals surface area contributed by atoms with E-state index in [-0.39, 0.29) is 23.5 Å². The standard InChI is InChI=1S/C17H23FN2O2/c1-4-20(5-2)17(22)13-10-11-15(21)19(3)16(13)12-8-6-7-9-14(12)18/h6-9,13,16H,4-5,10-11H2,1-3H3/t13-,16+/m0/s1. The second-order valence-electron chi connectivity index (χ2n) is 5.63. The Morgan fingerprint density at radius 2 is 1.95 bits per heavy atom. The first-order chi connectivity index (χ1) is 10.5. The van der Waals surface area contributed by atoms with Crippen LogP contribution in [0.15, 0.2) is 24.3 Å². The number of hydrogen-bond acceptors (Lipinski definition) is 2. The second kappa shape index (κ2) is 6.90. The van der Waals surface area contributed by atoms with Crippen LogP contribution in [0.5, 0.6) is 0 Å². The summed E-state index contributed by atoms with van der Waals surface area (Å²) in [6.07, 6.45) is 0.802. The van der Waals surface area contributed by atoms with Crippen molar-refractivity contribution >= 4 is 11.8 Å². The number of amides is 2. The lowest BCUT2D eigenvalue weighted by atomic mass is 9.83. The molecule has 0 unspecified atom stereocenters. The molecule has 2 rings (SSSR count). The molecule has 22 heavy (non-hydrogen) atoms. The zero-order valence-corrected chi connectivity index (χ0v) is 13.4. The number of benzene rings is 1. The van der Waals surface area contributed by atoms with Crippen molar-refractivity contribution in [1.29, 1.82) is 0 Å². The van der Waals surface area contributed by atoms with Crippen LogP contribution in [0.2, 0.25) is 0 Å². The molecule has 0 saturated carbocycles. The second-order valence-corrected chi connectivity index (χ2v) is 5.63. The van der Waals surface area contributed by atoms with Crippen molar-refractivity contribution in [3.05, 3.63) is 35.6 Å². The molecule has 1 aromatic carbocycles. The number of halogens is 1. The molecule has 1 heterocycles. The molecule has 0 spiro atoms. The van der Waals surface area contributed by atoms with Gasteiger partial charge in [0.15, 0.2) is 0 Å². The van der Waals surface area contributed by atoms with Gasteiger partial charge in [0, 0.05) is 32.1 Å². The molecule has 0 radical (unpaired) electrons. The largest absolute Gasteiger partial charge is 0.343 e. The topological polar surface area (TPSA) is 40.6 Å². The molecule has 2 atom stereocenters. The first-order valence-corrected chi connectivity index (χ1v) is 7.80. The Labute approximate surface area is 130 Å². The van der Waals surface area contributed by atoms with Crippen LogP contribution in [0.25, 0.3) is 0 Å². The quantitative estimate of drug-likeness (QED) is 0.858. The molecule has 0 aromatic heterocycles. The van der Waals surface area contributed by atoms with Gasteiger partial charge in [-0.3, -0.25) is 9.59 Å². The highest BCUT2D eigenvalue weighted by Crippen LogP contribution is 2.37. The van der Waals surface area contributed by atoms with E-state index >= 15 is 0 Å². The highest BCUT2D eigenvalue weighted by Gasteiger charge is 2.41. The molecule has 120 valence electrons. The van der Waals surface area contributed by atoms with Crippen LogP contribution in [0.4, 0.5) is 4.39 Å². The van der Waals surface area contributed by atoms with E-state index in [0.29, 0.717) is 31.5 Å². The molecule has 1 aromatic rings. The maximum Gasteiger partial charge on any atom is 0.228 e. The summed E-state index contributed by atoms with van der Waals surface area (Å²) in [7, 11) is 1.65. The van der Waals surface area contributed by atoms with Crippen LogP contribution < -0.4 is 0 Å². The number of carbonyl (C=O) groups excluding carboxylic acids is 2. The Hall–Kier alpha value is -1.91. The first-order valence-electron chi connectivity index (χ1n) is 7.80. The molecule has 1 fully saturated rings. The van der Waals surface area contributed by atoms with Gasteiger partial charge in [0.25, 0.3) is 0 Å². The van der Waals surface area contributed by atoms with E-state index in [9.17, 15) is 14.0 Å². The van der Waals surface area contributed by atoms with Crippen LogP contribution in [-0.4, -0.2) is 41.8 Å². The average Bonchev–Trinajstić information content (AvgIpc) is 2.52. The number of piperidine rings is 1. The van der Waals surface area contributed by atoms with Crippen molar-refractivity contribution < 1.29 is 14.0 Å². The smallest absolute Gasteiger partial charge is 0.228 e. The number of hydrogen-bond donors (Lipinski definition) is 0. The third kappa shape index (κ3) is 2.98. The monoisotopic (exact) mass is 306 g/mol. The van der Waals surface area contributed by atoms with Gasteiger partial charge in [0.05, 0.1) is 12.0 Å². The minimum absolute atomic E-state index is 0.00222. The Morgan fingerprint density at radius 3 is 2.55 bits per heavy atom. The molecule has 0 N–H and O–H groups in total. The molecule has 1 saturated heterocycles. The van der Waals surface area contributed by atoms with Gasteiger partial charge in [-0.15, -0.1) is 0 Å². The van der Waals surface area contributed by atoms with Gasteiger partial charge in [0.1, 0.15) is 5.82 Å². The van der Waals surface area contributed by atoms with Gasteiger partial charge in [-0.05, 0) is 26.3 Å². The van der Waals surface area contributed by atoms with Crippen molar-refractivity contribution in [2.45, 2.75) is 32.7 Å². The highest BCUT2D eigenvalue weighted by atomic mass is 19.1. The Morgan fingerprint density at radius 1 is 1.32 bits per heavy atom. The molecule has 1 aliphatic rings. The molecule has 2 amide bonds. The maximum absolute atomic E-state index is 14.2. The van der Waals surface area contributed by atoms with Crippen LogP contribution in [-0.2, 0) is 9.59 Å². The molecule has 0 bridgehead atoms. The maximum atomic E-state index is 14.2. The summed E-state index contributed by atoms with van der Waals surface area (Å²) in [6.45, 7) is 5.09. The van der Waals surface area contributed by atoms with E-state index in [4.69, 9.17) is 0 Å². The summed E-state index contributed by atoms with van der Waals surface area (Å²) in [5, 5.41) is 0. The molecular weight excluding hydrogens is 283 g/mol. The molecule has 0 aliphatic carbocycles. The van der Waals surface area contributed by atoms with Gasteiger partial charge < -0.3 is 9.80 Å². The average molecular weight is 306 g/mol. The summed E-state index contributed by atoms with van der Waals surface area (Å²) < 4.78 is 14.2. The van der Waals surface area contributed by atoms with Crippen molar-refractivity contribution in [1.82, 2.24) is 9.80 Å². The Bertz CT molecular complexity index is 557. The van der Waals surface area contributed by atoms with E-state index in [1.54, 1.807) is 30.1 Å². The number of rotatable bonds is 4. The number of likely N-dealkylation sites (tertiary alicyclic amines) is 1. The van der Waals surface area contributed by atoms with Crippen molar-refractivity contribution in [2.75, 3.05) is 20.1 Å². The van der Waals surface area contributed by atoms with Gasteiger partial charge in [0.2, 0.25) is 11.8 Å². The SMILES string of the molecule is CCN(CC)C(=O)[C@H]1CCC(=O)N(C)[C@@H]1c1ccccc1F. The normalized spacial score (nSPS) is 21.8. The lowest BCUT2D eigenvalue weighted by molar-refractivity contribution is -0.146. The predicted octanol–water partition coefficient (Wildman–Crippen LogP) is 2.60. The summed E-state index contributed by atoms with van der Waals surface area (Å²) in [4.78, 5) is 28.1. The van der Waals surface area contributed by atoms with Crippen molar-refractivity contribution in [3.8, 4) is 0 Å². The lowest BCUT2D eigenvalue weighted by Crippen LogP contribution is -2.47. The number of nitrogens with zero attached hydrogens (tertiary/aromatic N) is 2. The van der Waals surface area contributed by atoms with Crippen molar-refractivity contribution in [2.24, 2.45) is 5.92 Å². The lowest BCUT2D eigenvalue weighted by Gasteiger charge is -2.40. The Balaban J connectivity index is 2.40. The van der Waals surface area contributed by atoms with E-state index in [1.807, 2.05) is 13.8 Å². The summed E-state index contributed by atoms with van der Waals surface area (Å²) >= 11 is 0. The van der Waals surface area contributed by atoms with Gasteiger partial charge in [-0.2, -0.15) is 0 Å². The van der Waals surface area contributed by atoms with Crippen LogP contribution in [0.3, 0.4) is 0 Å². The molecule has 1 aliphatic heterocycles. The zero-order chi connectivity index (χ0) is 16.3. The summed E-state index contributed by atoms with van der Waals surface area (Å²) in [6, 6.07) is 5.86. The third-order valence-corrected chi connectivity index (χ3v) is 4.48. The third-order valence-electron chi connectivity index (χ3n) is 4.48. The number of carbonyl (C=O) groups is 2. The van der Waals surface area contributed by atoms with Gasteiger partial charge in [-0.25, -0.2) is 4.39 Å². The van der Waals surface area contributed by atoms with Crippen LogP contribution in [0, 0.1) is 11.7 Å². The molecule has 4 nitrogen and oxygen atoms in total. The van der Waals surface area contributed by atoms with Crippen LogP contribution in [0.1, 0.15) is 38.3 Å². The zero-order valence-electron chi connectivity index (χ0n) is 13.4. The summed E-state index contributed by atoms with van der Waals surface area (Å²) in [5.41, 5.74) is 0.420. The van der Waals surface area contributed by atoms with Crippen LogP contribution >= 0.6 is 0 Å². The van der Waals surface area contributed by atoms with Gasteiger partial charge in [-0.1, -0.05) is 18.2 Å². The fourth-order valence-corrected chi connectivity index (χ4v) is 3.21. The minimum atomic E-state index is -0.532.